The Morgan fingerprint density at radius 2 is 1.81 bits per heavy atom. The minimum absolute atomic E-state index is 0.0355. The lowest BCUT2D eigenvalue weighted by Gasteiger charge is -2.26. The molecule has 0 aliphatic carbocycles. The van der Waals surface area contributed by atoms with Crippen molar-refractivity contribution in [3.8, 4) is 11.5 Å². The molecule has 42 heavy (non-hydrogen) atoms. The van der Waals surface area contributed by atoms with Crippen LogP contribution in [0.1, 0.15) is 28.8 Å². The fourth-order valence-corrected chi connectivity index (χ4v) is 5.54. The van der Waals surface area contributed by atoms with Crippen molar-refractivity contribution in [2.45, 2.75) is 30.6 Å². The summed E-state index contributed by atoms with van der Waals surface area (Å²) >= 11 is 0. The van der Waals surface area contributed by atoms with E-state index >= 15 is 0 Å². The molecule has 1 aromatic heterocycles. The number of hydrogen-bond donors (Lipinski definition) is 2. The van der Waals surface area contributed by atoms with Crippen LogP contribution >= 0.6 is 0 Å². The molecular formula is C30H28FN3O7S. The zero-order valence-corrected chi connectivity index (χ0v) is 23.4. The number of aromatic amines is 1. The van der Waals surface area contributed by atoms with Gasteiger partial charge in [0.05, 0.1) is 20.3 Å². The van der Waals surface area contributed by atoms with Gasteiger partial charge in [-0.2, -0.15) is 0 Å². The molecule has 1 fully saturated rings. The van der Waals surface area contributed by atoms with E-state index in [4.69, 9.17) is 14.2 Å². The van der Waals surface area contributed by atoms with Crippen molar-refractivity contribution in [3.63, 3.8) is 0 Å². The molecule has 1 aliphatic rings. The van der Waals surface area contributed by atoms with Gasteiger partial charge in [-0.15, -0.1) is 0 Å². The van der Waals surface area contributed by atoms with Crippen LogP contribution in [0.4, 0.5) is 15.8 Å². The van der Waals surface area contributed by atoms with Gasteiger partial charge in [0, 0.05) is 41.2 Å². The van der Waals surface area contributed by atoms with Crippen molar-refractivity contribution < 1.29 is 31.8 Å². The zero-order chi connectivity index (χ0) is 29.7. The smallest absolute Gasteiger partial charge is 0.267 e. The summed E-state index contributed by atoms with van der Waals surface area (Å²) in [6.45, 7) is 0.770. The van der Waals surface area contributed by atoms with Crippen molar-refractivity contribution in [1.82, 2.24) is 9.71 Å². The molecule has 2 heterocycles. The molecule has 1 amide bonds. The van der Waals surface area contributed by atoms with Crippen molar-refractivity contribution in [2.24, 2.45) is 0 Å². The number of anilines is 2. The third kappa shape index (κ3) is 6.45. The molecule has 1 atom stereocenters. The third-order valence-corrected chi connectivity index (χ3v) is 7.99. The second-order valence-electron chi connectivity index (χ2n) is 9.42. The van der Waals surface area contributed by atoms with Gasteiger partial charge in [-0.25, -0.2) is 17.5 Å². The fourth-order valence-electron chi connectivity index (χ4n) is 4.48. The van der Waals surface area contributed by atoms with E-state index in [0.717, 1.165) is 25.0 Å². The van der Waals surface area contributed by atoms with Crippen LogP contribution in [-0.2, 0) is 21.3 Å². The van der Waals surface area contributed by atoms with Crippen molar-refractivity contribution in [1.29, 1.82) is 0 Å². The largest absolute Gasteiger partial charge is 0.493 e. The molecule has 4 aromatic rings. The summed E-state index contributed by atoms with van der Waals surface area (Å²) in [5.74, 6) is -0.923. The number of benzene rings is 3. The van der Waals surface area contributed by atoms with Crippen LogP contribution in [0.15, 0.2) is 94.7 Å². The Hall–Kier alpha value is -4.68. The Morgan fingerprint density at radius 1 is 1.05 bits per heavy atom. The predicted molar refractivity (Wildman–Crippen MR) is 153 cm³/mol. The second-order valence-corrected chi connectivity index (χ2v) is 11.1. The van der Waals surface area contributed by atoms with Gasteiger partial charge in [0.1, 0.15) is 10.7 Å². The van der Waals surface area contributed by atoms with E-state index in [-0.39, 0.29) is 17.7 Å². The van der Waals surface area contributed by atoms with E-state index in [0.29, 0.717) is 35.0 Å². The zero-order valence-electron chi connectivity index (χ0n) is 22.6. The molecule has 1 saturated heterocycles. The highest BCUT2D eigenvalue weighted by molar-refractivity contribution is 7.90. The average molecular weight is 594 g/mol. The number of hydrogen-bond acceptors (Lipinski definition) is 8. The quantitative estimate of drug-likeness (QED) is 0.275. The standard InChI is InChI=1S/C30H28FN3O7S/c1-39-25-15-14-23(18-26(25)41-28-9-5-17-40-28)34(19-21-6-4-16-32-29(21)35)22-12-10-20(11-13-22)30(36)33-42(37,38)27-8-3-2-7-24(27)31/h2-4,6-8,10-16,18,28H,5,9,17,19H2,1H3,(H,32,35)(H,33,36)/t28-/m1/s1. The summed E-state index contributed by atoms with van der Waals surface area (Å²) in [4.78, 5) is 29.2. The van der Waals surface area contributed by atoms with Crippen LogP contribution in [0.25, 0.3) is 0 Å². The normalized spacial score (nSPS) is 14.8. The number of aromatic nitrogens is 1. The van der Waals surface area contributed by atoms with E-state index in [1.165, 1.54) is 31.4 Å². The van der Waals surface area contributed by atoms with Gasteiger partial charge in [-0.05, 0) is 61.0 Å². The number of amides is 1. The van der Waals surface area contributed by atoms with E-state index < -0.39 is 32.9 Å². The van der Waals surface area contributed by atoms with Gasteiger partial charge in [-0.1, -0.05) is 18.2 Å². The number of pyridine rings is 1. The molecule has 218 valence electrons. The molecule has 1 aliphatic heterocycles. The molecule has 0 saturated carbocycles. The van der Waals surface area contributed by atoms with Crippen LogP contribution in [0.3, 0.4) is 0 Å². The number of methoxy groups -OCH3 is 1. The van der Waals surface area contributed by atoms with Crippen LogP contribution in [-0.4, -0.2) is 39.3 Å². The lowest BCUT2D eigenvalue weighted by molar-refractivity contribution is -0.0402. The first-order valence-electron chi connectivity index (χ1n) is 13.1. The lowest BCUT2D eigenvalue weighted by Crippen LogP contribution is -2.31. The average Bonchev–Trinajstić information content (AvgIpc) is 3.50. The third-order valence-electron chi connectivity index (χ3n) is 6.63. The van der Waals surface area contributed by atoms with Crippen molar-refractivity contribution >= 4 is 27.3 Å². The molecule has 0 unspecified atom stereocenters. The summed E-state index contributed by atoms with van der Waals surface area (Å²) in [6, 6.07) is 19.7. The number of ether oxygens (including phenoxy) is 3. The maximum atomic E-state index is 14.1. The molecule has 2 N–H and O–H groups in total. The number of rotatable bonds is 10. The first kappa shape index (κ1) is 28.8. The summed E-state index contributed by atoms with van der Waals surface area (Å²) in [5, 5.41) is 0. The summed E-state index contributed by atoms with van der Waals surface area (Å²) < 4.78 is 58.3. The number of nitrogens with one attached hydrogen (secondary N) is 2. The van der Waals surface area contributed by atoms with Crippen molar-refractivity contribution in [3.05, 3.63) is 112 Å². The minimum Gasteiger partial charge on any atom is -0.493 e. The topological polar surface area (TPSA) is 127 Å². The second kappa shape index (κ2) is 12.5. The highest BCUT2D eigenvalue weighted by Gasteiger charge is 2.23. The lowest BCUT2D eigenvalue weighted by atomic mass is 10.1. The Morgan fingerprint density at radius 3 is 2.50 bits per heavy atom. The summed E-state index contributed by atoms with van der Waals surface area (Å²) in [7, 11) is -2.90. The van der Waals surface area contributed by atoms with Crippen molar-refractivity contribution in [2.75, 3.05) is 18.6 Å². The van der Waals surface area contributed by atoms with Gasteiger partial charge in [0.25, 0.3) is 21.5 Å². The van der Waals surface area contributed by atoms with E-state index in [2.05, 4.69) is 4.98 Å². The predicted octanol–water partition coefficient (Wildman–Crippen LogP) is 4.49. The maximum Gasteiger partial charge on any atom is 0.267 e. The van der Waals surface area contributed by atoms with Gasteiger partial charge in [0.2, 0.25) is 0 Å². The molecule has 3 aromatic carbocycles. The summed E-state index contributed by atoms with van der Waals surface area (Å²) in [5.41, 5.74) is 1.51. The Labute approximate surface area is 241 Å². The van der Waals surface area contributed by atoms with Gasteiger partial charge in [-0.3, -0.25) is 9.59 Å². The van der Waals surface area contributed by atoms with Crippen LogP contribution in [0.2, 0.25) is 0 Å². The van der Waals surface area contributed by atoms with E-state index in [1.54, 1.807) is 48.7 Å². The SMILES string of the molecule is COc1ccc(N(Cc2ccc[nH]c2=O)c2ccc(C(=O)NS(=O)(=O)c3ccccc3F)cc2)cc1O[C@@H]1CCCO1. The minimum atomic E-state index is -4.43. The molecule has 10 nitrogen and oxygen atoms in total. The summed E-state index contributed by atoms with van der Waals surface area (Å²) in [6.07, 6.45) is 2.77. The molecule has 0 radical (unpaired) electrons. The molecule has 0 spiro atoms. The Bertz CT molecular complexity index is 1740. The van der Waals surface area contributed by atoms with E-state index in [9.17, 15) is 22.4 Å². The maximum absolute atomic E-state index is 14.1. The van der Waals surface area contributed by atoms with Gasteiger partial charge in [0.15, 0.2) is 17.8 Å². The number of nitrogens with zero attached hydrogens (tertiary/aromatic N) is 1. The first-order chi connectivity index (χ1) is 20.2. The van der Waals surface area contributed by atoms with Gasteiger partial charge < -0.3 is 24.1 Å². The monoisotopic (exact) mass is 593 g/mol. The molecule has 12 heteroatoms. The highest BCUT2D eigenvalue weighted by Crippen LogP contribution is 2.37. The molecule has 5 rings (SSSR count). The van der Waals surface area contributed by atoms with Crippen LogP contribution < -0.4 is 24.7 Å². The van der Waals surface area contributed by atoms with Crippen LogP contribution in [0, 0.1) is 5.82 Å². The van der Waals surface area contributed by atoms with Gasteiger partial charge >= 0.3 is 0 Å². The Balaban J connectivity index is 1.45. The number of carbonyl (C=O) groups excluding carboxylic acids is 1. The number of H-pyrrole nitrogens is 1. The fraction of sp³-hybridized carbons (Fsp3) is 0.200. The van der Waals surface area contributed by atoms with E-state index in [1.807, 2.05) is 9.62 Å². The first-order valence-corrected chi connectivity index (χ1v) is 14.6. The van der Waals surface area contributed by atoms with Crippen LogP contribution in [0.5, 0.6) is 11.5 Å². The molecular weight excluding hydrogens is 565 g/mol. The number of sulfonamides is 1. The highest BCUT2D eigenvalue weighted by atomic mass is 32.2. The number of carbonyl (C=O) groups is 1. The Kier molecular flexibility index (Phi) is 8.55. The molecule has 0 bridgehead atoms. The number of halogens is 1.